The van der Waals surface area contributed by atoms with E-state index in [1.807, 2.05) is 6.92 Å². The first kappa shape index (κ1) is 11.9. The van der Waals surface area contributed by atoms with Crippen LogP contribution in [-0.4, -0.2) is 10.7 Å². The zero-order valence-electron chi connectivity index (χ0n) is 10.6. The van der Waals surface area contributed by atoms with Gasteiger partial charge in [0.15, 0.2) is 0 Å². The topological polar surface area (TPSA) is 20.2 Å². The molecule has 2 aliphatic rings. The van der Waals surface area contributed by atoms with Gasteiger partial charge < -0.3 is 5.11 Å². The Morgan fingerprint density at radius 1 is 1.56 bits per heavy atom. The van der Waals surface area contributed by atoms with Crippen molar-refractivity contribution in [3.05, 3.63) is 24.8 Å². The largest absolute Gasteiger partial charge is 0.386 e. The van der Waals surface area contributed by atoms with E-state index >= 15 is 0 Å². The van der Waals surface area contributed by atoms with Crippen molar-refractivity contribution < 1.29 is 5.11 Å². The molecule has 0 saturated heterocycles. The normalized spacial score (nSPS) is 41.1. The Kier molecular flexibility index (Phi) is 2.78. The van der Waals surface area contributed by atoms with E-state index in [0.717, 1.165) is 24.7 Å². The first-order chi connectivity index (χ1) is 7.39. The Balaban J connectivity index is 2.04. The Labute approximate surface area is 99.3 Å². The average molecular weight is 220 g/mol. The lowest BCUT2D eigenvalue weighted by Crippen LogP contribution is -2.30. The molecule has 0 radical (unpaired) electrons. The SMILES string of the molecule is C=CC(C)(O)CCC1(C)C(=C)C2CCC1C2. The van der Waals surface area contributed by atoms with Crippen molar-refractivity contribution in [1.29, 1.82) is 0 Å². The summed E-state index contributed by atoms with van der Waals surface area (Å²) in [5, 5.41) is 10.0. The molecule has 4 atom stereocenters. The lowest BCUT2D eigenvalue weighted by atomic mass is 9.68. The fourth-order valence-corrected chi connectivity index (χ4v) is 3.58. The van der Waals surface area contributed by atoms with Crippen LogP contribution in [0.2, 0.25) is 0 Å². The summed E-state index contributed by atoms with van der Waals surface area (Å²) in [6.07, 6.45) is 7.55. The summed E-state index contributed by atoms with van der Waals surface area (Å²) >= 11 is 0. The molecule has 1 N–H and O–H groups in total. The first-order valence-corrected chi connectivity index (χ1v) is 6.44. The van der Waals surface area contributed by atoms with Crippen molar-refractivity contribution in [1.82, 2.24) is 0 Å². The number of hydrogen-bond acceptors (Lipinski definition) is 1. The molecular formula is C15H24O. The molecular weight excluding hydrogens is 196 g/mol. The summed E-state index contributed by atoms with van der Waals surface area (Å²) in [6, 6.07) is 0. The van der Waals surface area contributed by atoms with Gasteiger partial charge in [-0.3, -0.25) is 0 Å². The third-order valence-corrected chi connectivity index (χ3v) is 5.15. The highest BCUT2D eigenvalue weighted by Gasteiger charge is 2.50. The minimum atomic E-state index is -0.717. The molecule has 2 saturated carbocycles. The fourth-order valence-electron chi connectivity index (χ4n) is 3.58. The van der Waals surface area contributed by atoms with Gasteiger partial charge in [-0.25, -0.2) is 0 Å². The van der Waals surface area contributed by atoms with Crippen molar-refractivity contribution in [2.24, 2.45) is 17.3 Å². The molecule has 0 aromatic rings. The second-order valence-electron chi connectivity index (χ2n) is 6.21. The molecule has 2 bridgehead atoms. The minimum absolute atomic E-state index is 0.274. The van der Waals surface area contributed by atoms with E-state index < -0.39 is 5.60 Å². The van der Waals surface area contributed by atoms with Gasteiger partial charge in [0.1, 0.15) is 0 Å². The van der Waals surface area contributed by atoms with Crippen LogP contribution in [0, 0.1) is 17.3 Å². The van der Waals surface area contributed by atoms with Crippen molar-refractivity contribution in [2.45, 2.75) is 51.6 Å². The minimum Gasteiger partial charge on any atom is -0.386 e. The molecule has 2 rings (SSSR count). The second-order valence-corrected chi connectivity index (χ2v) is 6.21. The highest BCUT2D eigenvalue weighted by atomic mass is 16.3. The first-order valence-electron chi connectivity index (χ1n) is 6.44. The number of rotatable bonds is 4. The molecule has 0 aromatic heterocycles. The molecule has 2 aliphatic carbocycles. The number of allylic oxidation sites excluding steroid dienone is 1. The van der Waals surface area contributed by atoms with E-state index in [0.29, 0.717) is 0 Å². The molecule has 1 heteroatoms. The highest BCUT2D eigenvalue weighted by molar-refractivity contribution is 5.24. The zero-order chi connectivity index (χ0) is 12.0. The summed E-state index contributed by atoms with van der Waals surface area (Å²) in [5.74, 6) is 1.58. The van der Waals surface area contributed by atoms with Crippen LogP contribution >= 0.6 is 0 Å². The van der Waals surface area contributed by atoms with Crippen LogP contribution in [0.3, 0.4) is 0 Å². The van der Waals surface area contributed by atoms with Gasteiger partial charge in [-0.05, 0) is 56.3 Å². The van der Waals surface area contributed by atoms with Crippen molar-refractivity contribution in [2.75, 3.05) is 0 Å². The van der Waals surface area contributed by atoms with E-state index in [1.165, 1.54) is 24.8 Å². The molecule has 0 heterocycles. The molecule has 16 heavy (non-hydrogen) atoms. The van der Waals surface area contributed by atoms with Gasteiger partial charge in [0, 0.05) is 0 Å². The monoisotopic (exact) mass is 220 g/mol. The van der Waals surface area contributed by atoms with Crippen LogP contribution in [0.15, 0.2) is 24.8 Å². The van der Waals surface area contributed by atoms with Crippen LogP contribution in [0.1, 0.15) is 46.0 Å². The van der Waals surface area contributed by atoms with E-state index in [-0.39, 0.29) is 5.41 Å². The molecule has 0 spiro atoms. The summed E-state index contributed by atoms with van der Waals surface area (Å²) in [6.45, 7) is 12.2. The van der Waals surface area contributed by atoms with Crippen molar-refractivity contribution in [3.63, 3.8) is 0 Å². The van der Waals surface area contributed by atoms with E-state index in [9.17, 15) is 5.11 Å². The standard InChI is InChI=1S/C15H24O/c1-5-14(3,16)8-9-15(4)11(2)12-6-7-13(15)10-12/h5,12-13,16H,1-2,6-10H2,3-4H3. The van der Waals surface area contributed by atoms with Crippen LogP contribution < -0.4 is 0 Å². The molecule has 0 amide bonds. The van der Waals surface area contributed by atoms with Crippen LogP contribution in [0.25, 0.3) is 0 Å². The molecule has 4 unspecified atom stereocenters. The van der Waals surface area contributed by atoms with Crippen molar-refractivity contribution in [3.8, 4) is 0 Å². The third-order valence-electron chi connectivity index (χ3n) is 5.15. The summed E-state index contributed by atoms with van der Waals surface area (Å²) in [7, 11) is 0. The Bertz CT molecular complexity index is 315. The predicted molar refractivity (Wildman–Crippen MR) is 68.1 cm³/mol. The van der Waals surface area contributed by atoms with E-state index in [1.54, 1.807) is 6.08 Å². The summed E-state index contributed by atoms with van der Waals surface area (Å²) in [4.78, 5) is 0. The smallest absolute Gasteiger partial charge is 0.0797 e. The highest BCUT2D eigenvalue weighted by Crippen LogP contribution is 2.60. The Morgan fingerprint density at radius 3 is 2.75 bits per heavy atom. The van der Waals surface area contributed by atoms with Gasteiger partial charge in [-0.15, -0.1) is 6.58 Å². The van der Waals surface area contributed by atoms with E-state index in [2.05, 4.69) is 20.1 Å². The summed E-state index contributed by atoms with van der Waals surface area (Å²) < 4.78 is 0. The maximum absolute atomic E-state index is 10.0. The lowest BCUT2D eigenvalue weighted by Gasteiger charge is -2.38. The molecule has 0 aromatic carbocycles. The lowest BCUT2D eigenvalue weighted by molar-refractivity contribution is 0.0793. The van der Waals surface area contributed by atoms with Gasteiger partial charge in [0.05, 0.1) is 5.60 Å². The van der Waals surface area contributed by atoms with E-state index in [4.69, 9.17) is 0 Å². The predicted octanol–water partition coefficient (Wildman–Crippen LogP) is 3.70. The van der Waals surface area contributed by atoms with Gasteiger partial charge >= 0.3 is 0 Å². The van der Waals surface area contributed by atoms with Gasteiger partial charge in [0.2, 0.25) is 0 Å². The van der Waals surface area contributed by atoms with Gasteiger partial charge in [-0.2, -0.15) is 0 Å². The maximum Gasteiger partial charge on any atom is 0.0797 e. The maximum atomic E-state index is 10.0. The molecule has 90 valence electrons. The Hall–Kier alpha value is -0.560. The Morgan fingerprint density at radius 2 is 2.25 bits per heavy atom. The summed E-state index contributed by atoms with van der Waals surface area (Å²) in [5.41, 5.74) is 1.00. The fraction of sp³-hybridized carbons (Fsp3) is 0.733. The van der Waals surface area contributed by atoms with Gasteiger partial charge in [0.25, 0.3) is 0 Å². The van der Waals surface area contributed by atoms with Crippen LogP contribution in [0.4, 0.5) is 0 Å². The molecule has 1 nitrogen and oxygen atoms in total. The molecule has 0 aliphatic heterocycles. The van der Waals surface area contributed by atoms with Gasteiger partial charge in [-0.1, -0.05) is 25.2 Å². The number of aliphatic hydroxyl groups is 1. The molecule has 2 fully saturated rings. The second kappa shape index (κ2) is 3.73. The van der Waals surface area contributed by atoms with Crippen molar-refractivity contribution >= 4 is 0 Å². The number of fused-ring (bicyclic) bond motifs is 2. The zero-order valence-corrected chi connectivity index (χ0v) is 10.6. The number of hydrogen-bond donors (Lipinski definition) is 1. The average Bonchev–Trinajstić information content (AvgIpc) is 2.81. The van der Waals surface area contributed by atoms with Crippen LogP contribution in [0.5, 0.6) is 0 Å². The quantitative estimate of drug-likeness (QED) is 0.716. The third kappa shape index (κ3) is 1.75. The van der Waals surface area contributed by atoms with Crippen LogP contribution in [-0.2, 0) is 0 Å².